The van der Waals surface area contributed by atoms with Crippen LogP contribution in [-0.2, 0) is 0 Å². The van der Waals surface area contributed by atoms with Crippen molar-refractivity contribution in [2.45, 2.75) is 0 Å². The summed E-state index contributed by atoms with van der Waals surface area (Å²) in [6.07, 6.45) is 0. The molecule has 9 rings (SSSR count). The molecule has 0 aliphatic heterocycles. The van der Waals surface area contributed by atoms with Gasteiger partial charge in [0.25, 0.3) is 0 Å². The number of benzene rings is 8. The molecule has 1 aromatic heterocycles. The topological polar surface area (TPSA) is 3.24 Å². The SMILES string of the molecule is c1ccc(-c2ccccc2N(c2ccc3ccccc3c2)c2cccc3c2sc2c4ccccc4c(-c4ccccc4)cc32)cc1. The molecule has 0 N–H and O–H groups in total. The minimum Gasteiger partial charge on any atom is -0.308 e. The van der Waals surface area contributed by atoms with Crippen molar-refractivity contribution in [3.63, 3.8) is 0 Å². The Kier molecular flexibility index (Phi) is 6.40. The molecule has 0 spiro atoms. The monoisotopic (exact) mass is 603 g/mol. The van der Waals surface area contributed by atoms with Crippen LogP contribution in [-0.4, -0.2) is 0 Å². The summed E-state index contributed by atoms with van der Waals surface area (Å²) < 4.78 is 2.61. The molecular formula is C44H29NS. The van der Waals surface area contributed by atoms with E-state index in [2.05, 4.69) is 181 Å². The molecule has 0 saturated carbocycles. The number of rotatable bonds is 5. The van der Waals surface area contributed by atoms with Crippen LogP contribution in [0.1, 0.15) is 0 Å². The van der Waals surface area contributed by atoms with Crippen molar-refractivity contribution in [3.8, 4) is 22.3 Å². The van der Waals surface area contributed by atoms with E-state index in [0.717, 1.165) is 11.4 Å². The maximum Gasteiger partial charge on any atom is 0.0640 e. The first-order valence-corrected chi connectivity index (χ1v) is 16.5. The Labute approximate surface area is 272 Å². The van der Waals surface area contributed by atoms with Gasteiger partial charge >= 0.3 is 0 Å². The van der Waals surface area contributed by atoms with E-state index < -0.39 is 0 Å². The fourth-order valence-electron chi connectivity index (χ4n) is 6.89. The Morgan fingerprint density at radius 2 is 0.935 bits per heavy atom. The summed E-state index contributed by atoms with van der Waals surface area (Å²) in [5, 5.41) is 7.63. The zero-order valence-corrected chi connectivity index (χ0v) is 25.9. The number of para-hydroxylation sites is 1. The fraction of sp³-hybridized carbons (Fsp3) is 0. The molecule has 0 bridgehead atoms. The molecule has 2 heteroatoms. The zero-order valence-electron chi connectivity index (χ0n) is 25.1. The van der Waals surface area contributed by atoms with Crippen LogP contribution in [0.4, 0.5) is 17.1 Å². The molecule has 216 valence electrons. The predicted molar refractivity (Wildman–Crippen MR) is 200 cm³/mol. The van der Waals surface area contributed by atoms with Crippen molar-refractivity contribution < 1.29 is 0 Å². The molecule has 0 aliphatic carbocycles. The predicted octanol–water partition coefficient (Wildman–Crippen LogP) is 13.2. The Morgan fingerprint density at radius 3 is 1.74 bits per heavy atom. The molecule has 8 aromatic carbocycles. The summed E-state index contributed by atoms with van der Waals surface area (Å²) in [7, 11) is 0. The van der Waals surface area contributed by atoms with Gasteiger partial charge in [0, 0.05) is 32.1 Å². The van der Waals surface area contributed by atoms with Crippen LogP contribution in [0.5, 0.6) is 0 Å². The minimum atomic E-state index is 1.14. The highest BCUT2D eigenvalue weighted by atomic mass is 32.1. The van der Waals surface area contributed by atoms with Crippen LogP contribution in [0.3, 0.4) is 0 Å². The van der Waals surface area contributed by atoms with Crippen LogP contribution in [0, 0.1) is 0 Å². The van der Waals surface area contributed by atoms with Gasteiger partial charge < -0.3 is 4.90 Å². The van der Waals surface area contributed by atoms with Crippen LogP contribution in [0.2, 0.25) is 0 Å². The second-order valence-electron chi connectivity index (χ2n) is 11.7. The van der Waals surface area contributed by atoms with Gasteiger partial charge in [0.05, 0.1) is 16.1 Å². The molecule has 0 saturated heterocycles. The molecule has 1 heterocycles. The number of anilines is 3. The van der Waals surface area contributed by atoms with E-state index in [1.165, 1.54) is 69.7 Å². The van der Waals surface area contributed by atoms with Crippen molar-refractivity contribution in [1.82, 2.24) is 0 Å². The van der Waals surface area contributed by atoms with E-state index in [1.54, 1.807) is 0 Å². The highest BCUT2D eigenvalue weighted by Crippen LogP contribution is 2.49. The van der Waals surface area contributed by atoms with Gasteiger partial charge in [-0.15, -0.1) is 11.3 Å². The lowest BCUT2D eigenvalue weighted by molar-refractivity contribution is 1.31. The highest BCUT2D eigenvalue weighted by Gasteiger charge is 2.22. The third kappa shape index (κ3) is 4.38. The van der Waals surface area contributed by atoms with E-state index in [9.17, 15) is 0 Å². The van der Waals surface area contributed by atoms with Crippen LogP contribution >= 0.6 is 11.3 Å². The molecule has 0 unspecified atom stereocenters. The van der Waals surface area contributed by atoms with Crippen LogP contribution in [0.25, 0.3) is 64.0 Å². The van der Waals surface area contributed by atoms with E-state index in [0.29, 0.717) is 0 Å². The van der Waals surface area contributed by atoms with E-state index in [1.807, 2.05) is 11.3 Å². The number of hydrogen-bond donors (Lipinski definition) is 0. The quantitative estimate of drug-likeness (QED) is 0.189. The summed E-state index contributed by atoms with van der Waals surface area (Å²) in [4.78, 5) is 2.47. The van der Waals surface area contributed by atoms with Crippen LogP contribution in [0.15, 0.2) is 176 Å². The lowest BCUT2D eigenvalue weighted by Crippen LogP contribution is -2.11. The first-order valence-electron chi connectivity index (χ1n) is 15.7. The molecule has 0 aliphatic rings. The maximum atomic E-state index is 2.47. The van der Waals surface area contributed by atoms with Crippen molar-refractivity contribution in [2.24, 2.45) is 0 Å². The first-order chi connectivity index (χ1) is 22.8. The normalized spacial score (nSPS) is 11.5. The van der Waals surface area contributed by atoms with Gasteiger partial charge in [0.2, 0.25) is 0 Å². The lowest BCUT2D eigenvalue weighted by atomic mass is 9.95. The Morgan fingerprint density at radius 1 is 0.348 bits per heavy atom. The number of fused-ring (bicyclic) bond motifs is 6. The summed E-state index contributed by atoms with van der Waals surface area (Å²) in [5.74, 6) is 0. The highest BCUT2D eigenvalue weighted by molar-refractivity contribution is 7.27. The first kappa shape index (κ1) is 26.7. The van der Waals surface area contributed by atoms with Crippen LogP contribution < -0.4 is 4.90 Å². The molecular weight excluding hydrogens is 575 g/mol. The molecule has 0 fully saturated rings. The third-order valence-corrected chi connectivity index (χ3v) is 10.3. The van der Waals surface area contributed by atoms with Gasteiger partial charge in [-0.25, -0.2) is 0 Å². The summed E-state index contributed by atoms with van der Waals surface area (Å²) in [5.41, 5.74) is 8.39. The average molecular weight is 604 g/mol. The van der Waals surface area contributed by atoms with Gasteiger partial charge in [-0.05, 0) is 63.2 Å². The summed E-state index contributed by atoms with van der Waals surface area (Å²) >= 11 is 1.90. The third-order valence-electron chi connectivity index (χ3n) is 9.03. The molecule has 0 amide bonds. The largest absolute Gasteiger partial charge is 0.308 e. The van der Waals surface area contributed by atoms with Gasteiger partial charge in [0.1, 0.15) is 0 Å². The van der Waals surface area contributed by atoms with Gasteiger partial charge in [-0.1, -0.05) is 146 Å². The fourth-order valence-corrected chi connectivity index (χ4v) is 8.21. The molecule has 1 nitrogen and oxygen atoms in total. The van der Waals surface area contributed by atoms with Crippen molar-refractivity contribution in [3.05, 3.63) is 176 Å². The Balaban J connectivity index is 1.36. The Hall–Kier alpha value is -5.70. The second-order valence-corrected chi connectivity index (χ2v) is 12.7. The summed E-state index contributed by atoms with van der Waals surface area (Å²) in [6.45, 7) is 0. The molecule has 9 aromatic rings. The Bertz CT molecular complexity index is 2530. The number of thiophene rings is 1. The summed E-state index contributed by atoms with van der Waals surface area (Å²) in [6, 6.07) is 63.8. The van der Waals surface area contributed by atoms with Gasteiger partial charge in [0.15, 0.2) is 0 Å². The standard InChI is InChI=1S/C44H29NS/c1-3-15-31(16-4-1)35-20-11-12-24-41(35)45(34-27-26-30-14-7-8-19-33(30)28-34)42-25-13-23-38-40-29-39(32-17-5-2-6-18-32)36-21-9-10-22-37(36)43(40)46-44(38)42/h1-29H. The number of nitrogens with zero attached hydrogens (tertiary/aromatic N) is 1. The van der Waals surface area contributed by atoms with E-state index >= 15 is 0 Å². The minimum absolute atomic E-state index is 1.14. The molecule has 0 atom stereocenters. The van der Waals surface area contributed by atoms with Gasteiger partial charge in [-0.2, -0.15) is 0 Å². The van der Waals surface area contributed by atoms with E-state index in [-0.39, 0.29) is 0 Å². The van der Waals surface area contributed by atoms with Crippen molar-refractivity contribution in [2.75, 3.05) is 4.90 Å². The maximum absolute atomic E-state index is 2.47. The smallest absolute Gasteiger partial charge is 0.0640 e. The zero-order chi connectivity index (χ0) is 30.5. The van der Waals surface area contributed by atoms with Gasteiger partial charge in [-0.3, -0.25) is 0 Å². The van der Waals surface area contributed by atoms with Crippen molar-refractivity contribution >= 4 is 70.1 Å². The van der Waals surface area contributed by atoms with Crippen molar-refractivity contribution in [1.29, 1.82) is 0 Å². The molecule has 46 heavy (non-hydrogen) atoms. The average Bonchev–Trinajstić information content (AvgIpc) is 3.52. The van der Waals surface area contributed by atoms with E-state index in [4.69, 9.17) is 0 Å². The lowest BCUT2D eigenvalue weighted by Gasteiger charge is -2.28. The number of hydrogen-bond acceptors (Lipinski definition) is 2. The second kappa shape index (κ2) is 11.0. The molecule has 0 radical (unpaired) electrons.